The zero-order chi connectivity index (χ0) is 13.8. The summed E-state index contributed by atoms with van der Waals surface area (Å²) in [6, 6.07) is 5.38. The van der Waals surface area contributed by atoms with E-state index in [-0.39, 0.29) is 17.1 Å². The van der Waals surface area contributed by atoms with Gasteiger partial charge >= 0.3 is 11.9 Å². The quantitative estimate of drug-likeness (QED) is 0.666. The molecule has 1 aromatic carbocycles. The molecule has 0 fully saturated rings. The van der Waals surface area contributed by atoms with Crippen LogP contribution in [0, 0.1) is 5.82 Å². The van der Waals surface area contributed by atoms with E-state index in [1.54, 1.807) is 0 Å². The minimum absolute atomic E-state index is 0.215. The normalized spacial score (nSPS) is 9.95. The van der Waals surface area contributed by atoms with Gasteiger partial charge in [0.1, 0.15) is 0 Å². The molecule has 0 aliphatic rings. The number of esters is 1. The van der Waals surface area contributed by atoms with E-state index in [0.29, 0.717) is 0 Å². The number of carbonyl (C=O) groups is 2. The van der Waals surface area contributed by atoms with Crippen molar-refractivity contribution in [3.05, 3.63) is 53.9 Å². The molecule has 0 unspecified atom stereocenters. The number of halogens is 1. The summed E-state index contributed by atoms with van der Waals surface area (Å²) in [5, 5.41) is 8.62. The van der Waals surface area contributed by atoms with Gasteiger partial charge in [-0.15, -0.1) is 0 Å². The van der Waals surface area contributed by atoms with Gasteiger partial charge in [0.15, 0.2) is 23.0 Å². The van der Waals surface area contributed by atoms with Crippen LogP contribution in [0.25, 0.3) is 0 Å². The Bertz CT molecular complexity index is 628. The molecular weight excluding hydrogens is 255 g/mol. The van der Waals surface area contributed by atoms with Crippen molar-refractivity contribution in [3.8, 4) is 5.75 Å². The number of rotatable bonds is 3. The maximum Gasteiger partial charge on any atom is 0.364 e. The van der Waals surface area contributed by atoms with Crippen LogP contribution in [0.2, 0.25) is 0 Å². The fraction of sp³-hybridized carbons (Fsp3) is 0. The lowest BCUT2D eigenvalue weighted by atomic mass is 10.3. The number of aromatic carboxylic acids is 1. The molecule has 6 nitrogen and oxygen atoms in total. The maximum atomic E-state index is 13.2. The topological polar surface area (TPSA) is 89.4 Å². The number of nitrogens with zero attached hydrogens (tertiary/aromatic N) is 2. The lowest BCUT2D eigenvalue weighted by Gasteiger charge is -2.04. The van der Waals surface area contributed by atoms with Crippen molar-refractivity contribution in [2.45, 2.75) is 0 Å². The standard InChI is InChI=1S/C12H7FN2O4/c13-7-3-1-2-4-10(7)19-12(18)9-6-14-8(5-15-9)11(16)17/h1-6H,(H,16,17). The Morgan fingerprint density at radius 1 is 1.11 bits per heavy atom. The predicted molar refractivity (Wildman–Crippen MR) is 60.3 cm³/mol. The van der Waals surface area contributed by atoms with Gasteiger partial charge in [-0.2, -0.15) is 0 Å². The molecule has 0 spiro atoms. The lowest BCUT2D eigenvalue weighted by molar-refractivity contribution is 0.0681. The molecule has 2 aromatic rings. The van der Waals surface area contributed by atoms with E-state index in [1.165, 1.54) is 18.2 Å². The van der Waals surface area contributed by atoms with E-state index < -0.39 is 17.8 Å². The Kier molecular flexibility index (Phi) is 3.46. The van der Waals surface area contributed by atoms with Gasteiger partial charge in [0.05, 0.1) is 12.4 Å². The molecule has 1 aromatic heterocycles. The summed E-state index contributed by atoms with van der Waals surface area (Å²) in [6.07, 6.45) is 1.87. The highest BCUT2D eigenvalue weighted by Crippen LogP contribution is 2.16. The van der Waals surface area contributed by atoms with Crippen LogP contribution >= 0.6 is 0 Å². The fourth-order valence-electron chi connectivity index (χ4n) is 1.22. The minimum atomic E-state index is -1.26. The molecule has 1 heterocycles. The molecular formula is C12H7FN2O4. The van der Waals surface area contributed by atoms with Crippen LogP contribution in [0.3, 0.4) is 0 Å². The van der Waals surface area contributed by atoms with Crippen molar-refractivity contribution < 1.29 is 23.8 Å². The molecule has 0 saturated carbocycles. The summed E-state index contributed by atoms with van der Waals surface area (Å²) in [5.41, 5.74) is -0.518. The molecule has 0 amide bonds. The van der Waals surface area contributed by atoms with Gasteiger partial charge in [-0.05, 0) is 12.1 Å². The Labute approximate surface area is 106 Å². The third kappa shape index (κ3) is 2.89. The molecule has 7 heteroatoms. The van der Waals surface area contributed by atoms with Crippen molar-refractivity contribution in [1.82, 2.24) is 9.97 Å². The molecule has 0 atom stereocenters. The van der Waals surface area contributed by atoms with Crippen molar-refractivity contribution >= 4 is 11.9 Å². The SMILES string of the molecule is O=C(O)c1cnc(C(=O)Oc2ccccc2F)cn1. The molecule has 2 rings (SSSR count). The first-order valence-electron chi connectivity index (χ1n) is 5.10. The van der Waals surface area contributed by atoms with Crippen molar-refractivity contribution in [3.63, 3.8) is 0 Å². The van der Waals surface area contributed by atoms with Crippen molar-refractivity contribution in [2.24, 2.45) is 0 Å². The predicted octanol–water partition coefficient (Wildman–Crippen LogP) is 1.53. The summed E-state index contributed by atoms with van der Waals surface area (Å²) in [5.74, 6) is -3.11. The second-order valence-corrected chi connectivity index (χ2v) is 3.41. The number of hydrogen-bond acceptors (Lipinski definition) is 5. The first-order chi connectivity index (χ1) is 9.08. The highest BCUT2D eigenvalue weighted by molar-refractivity contribution is 5.90. The molecule has 0 radical (unpaired) electrons. The number of carboxylic acids is 1. The highest BCUT2D eigenvalue weighted by atomic mass is 19.1. The minimum Gasteiger partial charge on any atom is -0.476 e. The van der Waals surface area contributed by atoms with E-state index in [9.17, 15) is 14.0 Å². The van der Waals surface area contributed by atoms with Crippen molar-refractivity contribution in [1.29, 1.82) is 0 Å². The number of carboxylic acid groups (broad SMARTS) is 1. The maximum absolute atomic E-state index is 13.2. The fourth-order valence-corrected chi connectivity index (χ4v) is 1.22. The summed E-state index contributed by atoms with van der Waals surface area (Å²) in [7, 11) is 0. The Morgan fingerprint density at radius 2 is 1.74 bits per heavy atom. The van der Waals surface area contributed by atoms with Crippen LogP contribution in [0.1, 0.15) is 21.0 Å². The number of benzene rings is 1. The summed E-state index contributed by atoms with van der Waals surface area (Å²) >= 11 is 0. The third-order valence-corrected chi connectivity index (χ3v) is 2.12. The first-order valence-corrected chi connectivity index (χ1v) is 5.10. The van der Waals surface area contributed by atoms with E-state index in [0.717, 1.165) is 18.5 Å². The Morgan fingerprint density at radius 3 is 2.32 bits per heavy atom. The second kappa shape index (κ2) is 5.21. The van der Waals surface area contributed by atoms with Gasteiger partial charge in [-0.1, -0.05) is 12.1 Å². The van der Waals surface area contributed by atoms with Gasteiger partial charge in [0.2, 0.25) is 0 Å². The van der Waals surface area contributed by atoms with Gasteiger partial charge < -0.3 is 9.84 Å². The zero-order valence-electron chi connectivity index (χ0n) is 9.41. The Hall–Kier alpha value is -2.83. The molecule has 96 valence electrons. The van der Waals surface area contributed by atoms with E-state index in [4.69, 9.17) is 9.84 Å². The first kappa shape index (κ1) is 12.6. The molecule has 1 N–H and O–H groups in total. The van der Waals surface area contributed by atoms with E-state index in [1.807, 2.05) is 0 Å². The Balaban J connectivity index is 2.16. The van der Waals surface area contributed by atoms with Crippen LogP contribution in [0.4, 0.5) is 4.39 Å². The largest absolute Gasteiger partial charge is 0.476 e. The summed E-state index contributed by atoms with van der Waals surface area (Å²) in [6.45, 7) is 0. The third-order valence-electron chi connectivity index (χ3n) is 2.12. The molecule has 0 aliphatic heterocycles. The van der Waals surface area contributed by atoms with Gasteiger partial charge in [0.25, 0.3) is 0 Å². The summed E-state index contributed by atoms with van der Waals surface area (Å²) in [4.78, 5) is 29.3. The van der Waals surface area contributed by atoms with Gasteiger partial charge in [-0.3, -0.25) is 0 Å². The summed E-state index contributed by atoms with van der Waals surface area (Å²) < 4.78 is 18.0. The lowest BCUT2D eigenvalue weighted by Crippen LogP contribution is -2.13. The monoisotopic (exact) mass is 262 g/mol. The van der Waals surface area contributed by atoms with Crippen LogP contribution in [-0.2, 0) is 0 Å². The second-order valence-electron chi connectivity index (χ2n) is 3.41. The smallest absolute Gasteiger partial charge is 0.364 e. The van der Waals surface area contributed by atoms with Crippen LogP contribution in [-0.4, -0.2) is 27.0 Å². The molecule has 0 aliphatic carbocycles. The van der Waals surface area contributed by atoms with Crippen LogP contribution in [0.15, 0.2) is 36.7 Å². The average molecular weight is 262 g/mol. The zero-order valence-corrected chi connectivity index (χ0v) is 9.41. The number of carbonyl (C=O) groups excluding carboxylic acids is 1. The van der Waals surface area contributed by atoms with Gasteiger partial charge in [0, 0.05) is 0 Å². The van der Waals surface area contributed by atoms with E-state index in [2.05, 4.69) is 9.97 Å². The molecule has 0 saturated heterocycles. The number of aromatic nitrogens is 2. The highest BCUT2D eigenvalue weighted by Gasteiger charge is 2.14. The van der Waals surface area contributed by atoms with Gasteiger partial charge in [-0.25, -0.2) is 23.9 Å². The average Bonchev–Trinajstić information content (AvgIpc) is 2.41. The number of ether oxygens (including phenoxy) is 1. The number of para-hydroxylation sites is 1. The molecule has 19 heavy (non-hydrogen) atoms. The van der Waals surface area contributed by atoms with Crippen LogP contribution < -0.4 is 4.74 Å². The molecule has 0 bridgehead atoms. The van der Waals surface area contributed by atoms with E-state index >= 15 is 0 Å². The van der Waals surface area contributed by atoms with Crippen molar-refractivity contribution in [2.75, 3.05) is 0 Å². The van der Waals surface area contributed by atoms with Crippen LogP contribution in [0.5, 0.6) is 5.75 Å². The number of hydrogen-bond donors (Lipinski definition) is 1.